The Kier molecular flexibility index (Phi) is 58.5. The van der Waals surface area contributed by atoms with Crippen molar-refractivity contribution >= 4 is 11.9 Å². The molecule has 1 amide bonds. The van der Waals surface area contributed by atoms with Crippen LogP contribution in [0, 0.1) is 0 Å². The Balaban J connectivity index is 3.38. The van der Waals surface area contributed by atoms with E-state index >= 15 is 0 Å². The summed E-state index contributed by atoms with van der Waals surface area (Å²) in [6.07, 6.45) is 73.2. The Bertz CT molecular complexity index is 1090. The zero-order valence-corrected chi connectivity index (χ0v) is 47.3. The van der Waals surface area contributed by atoms with Gasteiger partial charge in [0, 0.05) is 12.8 Å². The van der Waals surface area contributed by atoms with Crippen molar-refractivity contribution in [2.24, 2.45) is 0 Å². The van der Waals surface area contributed by atoms with E-state index in [-0.39, 0.29) is 18.5 Å². The lowest BCUT2D eigenvalue weighted by molar-refractivity contribution is -0.143. The maximum absolute atomic E-state index is 12.5. The summed E-state index contributed by atoms with van der Waals surface area (Å²) in [5.41, 5.74) is 0. The number of carbonyl (C=O) groups is 2. The van der Waals surface area contributed by atoms with E-state index in [1.54, 1.807) is 0 Å². The maximum atomic E-state index is 12.5. The molecule has 0 saturated carbocycles. The molecule has 70 heavy (non-hydrogen) atoms. The lowest BCUT2D eigenvalue weighted by atomic mass is 10.0. The number of rotatable bonds is 59. The molecule has 0 saturated heterocycles. The summed E-state index contributed by atoms with van der Waals surface area (Å²) in [4.78, 5) is 24.6. The predicted molar refractivity (Wildman–Crippen MR) is 306 cm³/mol. The average Bonchev–Trinajstić information content (AvgIpc) is 3.36. The number of hydrogen-bond acceptors (Lipinski definition) is 5. The van der Waals surface area contributed by atoms with Gasteiger partial charge in [0.25, 0.3) is 0 Å². The summed E-state index contributed by atoms with van der Waals surface area (Å²) in [6, 6.07) is -0.543. The van der Waals surface area contributed by atoms with Crippen molar-refractivity contribution in [2.45, 2.75) is 360 Å². The first kappa shape index (κ1) is 68.3. The van der Waals surface area contributed by atoms with Gasteiger partial charge in [0.2, 0.25) is 5.91 Å². The molecular formula is C64H123NO5. The van der Waals surface area contributed by atoms with Crippen LogP contribution in [0.25, 0.3) is 0 Å². The summed E-state index contributed by atoms with van der Waals surface area (Å²) in [6.45, 7) is 4.94. The van der Waals surface area contributed by atoms with E-state index in [2.05, 4.69) is 43.5 Å². The highest BCUT2D eigenvalue weighted by atomic mass is 16.5. The van der Waals surface area contributed by atoms with E-state index in [0.717, 1.165) is 51.4 Å². The van der Waals surface area contributed by atoms with Crippen molar-refractivity contribution in [1.29, 1.82) is 0 Å². The fourth-order valence-corrected chi connectivity index (χ4v) is 9.91. The van der Waals surface area contributed by atoms with E-state index in [4.69, 9.17) is 4.74 Å². The van der Waals surface area contributed by atoms with Gasteiger partial charge in [0.1, 0.15) is 0 Å². The molecule has 0 heterocycles. The van der Waals surface area contributed by atoms with Gasteiger partial charge in [0.15, 0.2) is 0 Å². The zero-order chi connectivity index (χ0) is 50.7. The highest BCUT2D eigenvalue weighted by molar-refractivity contribution is 5.76. The number of carbonyl (C=O) groups excluding carboxylic acids is 2. The Labute approximate surface area is 437 Å². The number of nitrogens with one attached hydrogen (secondary N) is 1. The molecule has 0 bridgehead atoms. The topological polar surface area (TPSA) is 95.9 Å². The summed E-state index contributed by atoms with van der Waals surface area (Å²) in [7, 11) is 0. The SMILES string of the molecule is CCCCC/C=C\C/C=C\CCCCCCCCCC(=O)OCCCCCCCCCCCCCCCCCCCCCCC(=O)NC(CO)C(O)CCCCCCCCCCCCCCCCCC. The number of unbranched alkanes of at least 4 members (excludes halogenated alkanes) is 44. The minimum absolute atomic E-state index is 0.00345. The number of ether oxygens (including phenoxy) is 1. The summed E-state index contributed by atoms with van der Waals surface area (Å²) >= 11 is 0. The van der Waals surface area contributed by atoms with E-state index in [1.165, 1.54) is 263 Å². The highest BCUT2D eigenvalue weighted by Crippen LogP contribution is 2.18. The highest BCUT2D eigenvalue weighted by Gasteiger charge is 2.20. The van der Waals surface area contributed by atoms with Crippen LogP contribution >= 0.6 is 0 Å². The molecule has 0 aromatic rings. The van der Waals surface area contributed by atoms with E-state index in [9.17, 15) is 19.8 Å². The normalized spacial score (nSPS) is 12.7. The molecule has 2 atom stereocenters. The van der Waals surface area contributed by atoms with Crippen molar-refractivity contribution in [3.8, 4) is 0 Å². The van der Waals surface area contributed by atoms with Crippen molar-refractivity contribution in [1.82, 2.24) is 5.32 Å². The minimum atomic E-state index is -0.666. The second kappa shape index (κ2) is 59.9. The van der Waals surface area contributed by atoms with Crippen LogP contribution in [0.15, 0.2) is 24.3 Å². The molecule has 6 nitrogen and oxygen atoms in total. The lowest BCUT2D eigenvalue weighted by Gasteiger charge is -2.22. The Morgan fingerprint density at radius 2 is 0.714 bits per heavy atom. The van der Waals surface area contributed by atoms with Crippen molar-refractivity contribution in [3.63, 3.8) is 0 Å². The van der Waals surface area contributed by atoms with Gasteiger partial charge in [-0.25, -0.2) is 0 Å². The standard InChI is InChI=1S/C64H123NO5/c1-3-5-7-9-11-13-15-17-19-25-30-34-38-42-46-50-54-58-64(69)70-59-55-51-47-43-39-35-31-27-24-22-21-23-26-29-33-37-41-45-49-53-57-63(68)65-61(60-66)62(67)56-52-48-44-40-36-32-28-20-18-16-14-12-10-8-6-4-2/h11,13,17,19,61-62,66-67H,3-10,12,14-16,18,20-60H2,1-2H3,(H,65,68)/b13-11-,19-17-. The Morgan fingerprint density at radius 3 is 1.11 bits per heavy atom. The molecule has 0 aromatic heterocycles. The van der Waals surface area contributed by atoms with Crippen molar-refractivity contribution in [2.75, 3.05) is 13.2 Å². The first-order valence-electron chi connectivity index (χ1n) is 31.6. The molecule has 0 rings (SSSR count). The quantitative estimate of drug-likeness (QED) is 0.0321. The van der Waals surface area contributed by atoms with Crippen LogP contribution in [-0.2, 0) is 14.3 Å². The first-order valence-corrected chi connectivity index (χ1v) is 31.6. The monoisotopic (exact) mass is 986 g/mol. The lowest BCUT2D eigenvalue weighted by Crippen LogP contribution is -2.45. The van der Waals surface area contributed by atoms with E-state index in [1.807, 2.05) is 0 Å². The molecule has 0 spiro atoms. The molecule has 414 valence electrons. The smallest absolute Gasteiger partial charge is 0.305 e. The predicted octanol–water partition coefficient (Wildman–Crippen LogP) is 19.8. The third-order valence-electron chi connectivity index (χ3n) is 14.8. The number of aliphatic hydroxyl groups excluding tert-OH is 2. The van der Waals surface area contributed by atoms with Crippen LogP contribution < -0.4 is 5.32 Å². The van der Waals surface area contributed by atoms with Gasteiger partial charge >= 0.3 is 5.97 Å². The van der Waals surface area contributed by atoms with Crippen molar-refractivity contribution in [3.05, 3.63) is 24.3 Å². The van der Waals surface area contributed by atoms with E-state index < -0.39 is 12.1 Å². The molecular weight excluding hydrogens is 863 g/mol. The molecule has 2 unspecified atom stereocenters. The van der Waals surface area contributed by atoms with Crippen LogP contribution in [0.4, 0.5) is 0 Å². The molecule has 3 N–H and O–H groups in total. The van der Waals surface area contributed by atoms with Gasteiger partial charge in [-0.3, -0.25) is 9.59 Å². The van der Waals surface area contributed by atoms with Gasteiger partial charge in [-0.05, 0) is 57.8 Å². The molecule has 0 fully saturated rings. The summed E-state index contributed by atoms with van der Waals surface area (Å²) in [5, 5.41) is 23.3. The largest absolute Gasteiger partial charge is 0.466 e. The van der Waals surface area contributed by atoms with Crippen LogP contribution in [0.1, 0.15) is 348 Å². The van der Waals surface area contributed by atoms with Gasteiger partial charge < -0.3 is 20.3 Å². The molecule has 6 heteroatoms. The van der Waals surface area contributed by atoms with E-state index in [0.29, 0.717) is 25.9 Å². The molecule has 0 radical (unpaired) electrons. The van der Waals surface area contributed by atoms with Crippen LogP contribution in [0.3, 0.4) is 0 Å². The number of allylic oxidation sites excluding steroid dienone is 4. The molecule has 0 aliphatic heterocycles. The van der Waals surface area contributed by atoms with Crippen LogP contribution in [-0.4, -0.2) is 47.4 Å². The van der Waals surface area contributed by atoms with Gasteiger partial charge in [0.05, 0.1) is 25.4 Å². The fourth-order valence-electron chi connectivity index (χ4n) is 9.91. The molecule has 0 aliphatic carbocycles. The number of amides is 1. The fraction of sp³-hybridized carbons (Fsp3) is 0.906. The van der Waals surface area contributed by atoms with Crippen LogP contribution in [0.2, 0.25) is 0 Å². The van der Waals surface area contributed by atoms with Crippen molar-refractivity contribution < 1.29 is 24.5 Å². The van der Waals surface area contributed by atoms with Gasteiger partial charge in [-0.2, -0.15) is 0 Å². The van der Waals surface area contributed by atoms with Gasteiger partial charge in [-0.1, -0.05) is 301 Å². The average molecular weight is 987 g/mol. The third kappa shape index (κ3) is 55.7. The maximum Gasteiger partial charge on any atom is 0.305 e. The molecule has 0 aromatic carbocycles. The zero-order valence-electron chi connectivity index (χ0n) is 47.3. The Morgan fingerprint density at radius 1 is 0.400 bits per heavy atom. The number of hydrogen-bond donors (Lipinski definition) is 3. The number of aliphatic hydroxyl groups is 2. The second-order valence-corrected chi connectivity index (χ2v) is 21.7. The second-order valence-electron chi connectivity index (χ2n) is 21.7. The first-order chi connectivity index (χ1) is 34.5. The number of esters is 1. The summed E-state index contributed by atoms with van der Waals surface area (Å²) < 4.78 is 5.49. The molecule has 0 aliphatic rings. The van der Waals surface area contributed by atoms with Crippen LogP contribution in [0.5, 0.6) is 0 Å². The Hall–Kier alpha value is -1.66. The minimum Gasteiger partial charge on any atom is -0.466 e. The summed E-state index contributed by atoms with van der Waals surface area (Å²) in [5.74, 6) is -0.0311. The van der Waals surface area contributed by atoms with Gasteiger partial charge in [-0.15, -0.1) is 0 Å². The third-order valence-corrected chi connectivity index (χ3v) is 14.8.